The number of ether oxygens (including phenoxy) is 1. The predicted molar refractivity (Wildman–Crippen MR) is 95.7 cm³/mol. The molecule has 0 aliphatic carbocycles. The van der Waals surface area contributed by atoms with Crippen LogP contribution in [0.3, 0.4) is 0 Å². The molecule has 26 heavy (non-hydrogen) atoms. The quantitative estimate of drug-likeness (QED) is 0.885. The summed E-state index contributed by atoms with van der Waals surface area (Å²) in [5.74, 6) is 0.234. The molecule has 1 atom stereocenters. The second kappa shape index (κ2) is 7.63. The van der Waals surface area contributed by atoms with E-state index in [2.05, 4.69) is 21.8 Å². The van der Waals surface area contributed by atoms with Crippen molar-refractivity contribution in [3.63, 3.8) is 0 Å². The molecular weight excluding hydrogens is 332 g/mol. The van der Waals surface area contributed by atoms with Crippen LogP contribution in [0.1, 0.15) is 47.3 Å². The van der Waals surface area contributed by atoms with E-state index in [-0.39, 0.29) is 11.9 Å². The van der Waals surface area contributed by atoms with Crippen LogP contribution in [0.5, 0.6) is 0 Å². The molecule has 2 aromatic rings. The van der Waals surface area contributed by atoms with E-state index >= 15 is 0 Å². The Balaban J connectivity index is 1.41. The molecule has 0 saturated carbocycles. The van der Waals surface area contributed by atoms with Crippen LogP contribution in [-0.2, 0) is 30.9 Å². The SMILES string of the molecule is CCn1nc(CN2CCCC(NC(=O)c3ccco3)C2)c2c1CCOC2. The molecule has 140 valence electrons. The number of furan rings is 1. The van der Waals surface area contributed by atoms with E-state index < -0.39 is 0 Å². The minimum atomic E-state index is -0.136. The lowest BCUT2D eigenvalue weighted by Gasteiger charge is -2.32. The van der Waals surface area contributed by atoms with Gasteiger partial charge in [0.1, 0.15) is 0 Å². The first-order chi connectivity index (χ1) is 12.7. The topological polar surface area (TPSA) is 72.5 Å². The lowest BCUT2D eigenvalue weighted by Crippen LogP contribution is -2.47. The van der Waals surface area contributed by atoms with Crippen molar-refractivity contribution >= 4 is 5.91 Å². The molecule has 0 bridgehead atoms. The zero-order chi connectivity index (χ0) is 17.9. The molecule has 1 amide bonds. The van der Waals surface area contributed by atoms with E-state index in [9.17, 15) is 4.79 Å². The number of carbonyl (C=O) groups excluding carboxylic acids is 1. The van der Waals surface area contributed by atoms with E-state index in [1.165, 1.54) is 17.5 Å². The van der Waals surface area contributed by atoms with Crippen LogP contribution in [0.25, 0.3) is 0 Å². The summed E-state index contributed by atoms with van der Waals surface area (Å²) < 4.78 is 13.0. The van der Waals surface area contributed by atoms with Gasteiger partial charge in [0.25, 0.3) is 5.91 Å². The summed E-state index contributed by atoms with van der Waals surface area (Å²) in [4.78, 5) is 14.6. The number of hydrogen-bond acceptors (Lipinski definition) is 5. The van der Waals surface area contributed by atoms with Gasteiger partial charge in [0.2, 0.25) is 0 Å². The molecule has 0 aromatic carbocycles. The van der Waals surface area contributed by atoms with Crippen LogP contribution in [0.15, 0.2) is 22.8 Å². The van der Waals surface area contributed by atoms with Gasteiger partial charge in [-0.15, -0.1) is 0 Å². The number of nitrogens with zero attached hydrogens (tertiary/aromatic N) is 3. The van der Waals surface area contributed by atoms with Crippen molar-refractivity contribution in [2.24, 2.45) is 0 Å². The lowest BCUT2D eigenvalue weighted by atomic mass is 10.0. The molecule has 4 rings (SSSR count). The minimum Gasteiger partial charge on any atom is -0.459 e. The molecule has 2 aromatic heterocycles. The molecule has 7 heteroatoms. The second-order valence-electron chi connectivity index (χ2n) is 7.02. The fourth-order valence-corrected chi connectivity index (χ4v) is 3.96. The number of piperidine rings is 1. The number of nitrogens with one attached hydrogen (secondary N) is 1. The Morgan fingerprint density at radius 1 is 1.46 bits per heavy atom. The summed E-state index contributed by atoms with van der Waals surface area (Å²) in [6, 6.07) is 3.57. The first-order valence-electron chi connectivity index (χ1n) is 9.46. The average Bonchev–Trinajstić information content (AvgIpc) is 3.31. The van der Waals surface area contributed by atoms with Gasteiger partial charge in [0, 0.05) is 43.4 Å². The van der Waals surface area contributed by atoms with Crippen LogP contribution < -0.4 is 5.32 Å². The van der Waals surface area contributed by atoms with Crippen LogP contribution in [0, 0.1) is 0 Å². The number of aryl methyl sites for hydroxylation is 1. The maximum atomic E-state index is 12.2. The van der Waals surface area contributed by atoms with Crippen molar-refractivity contribution in [1.29, 1.82) is 0 Å². The molecule has 1 fully saturated rings. The van der Waals surface area contributed by atoms with Gasteiger partial charge in [-0.2, -0.15) is 5.10 Å². The molecule has 7 nitrogen and oxygen atoms in total. The van der Waals surface area contributed by atoms with Gasteiger partial charge in [0.15, 0.2) is 5.76 Å². The highest BCUT2D eigenvalue weighted by molar-refractivity contribution is 5.91. The highest BCUT2D eigenvalue weighted by Crippen LogP contribution is 2.23. The Hall–Kier alpha value is -2.12. The number of carbonyl (C=O) groups is 1. The third kappa shape index (κ3) is 3.54. The van der Waals surface area contributed by atoms with Crippen molar-refractivity contribution in [2.75, 3.05) is 19.7 Å². The van der Waals surface area contributed by atoms with Gasteiger partial charge >= 0.3 is 0 Å². The summed E-state index contributed by atoms with van der Waals surface area (Å²) in [5.41, 5.74) is 3.72. The largest absolute Gasteiger partial charge is 0.459 e. The molecule has 2 aliphatic heterocycles. The van der Waals surface area contributed by atoms with Gasteiger partial charge in [-0.05, 0) is 38.4 Å². The number of hydrogen-bond donors (Lipinski definition) is 1. The first kappa shape index (κ1) is 17.3. The van der Waals surface area contributed by atoms with E-state index in [0.29, 0.717) is 12.4 Å². The molecule has 0 spiro atoms. The molecule has 1 saturated heterocycles. The maximum absolute atomic E-state index is 12.2. The van der Waals surface area contributed by atoms with Crippen molar-refractivity contribution in [2.45, 2.75) is 51.9 Å². The fourth-order valence-electron chi connectivity index (χ4n) is 3.96. The standard InChI is InChI=1S/C19H26N4O3/c1-2-23-17-7-10-25-13-15(17)16(21-23)12-22-8-3-5-14(11-22)20-19(24)18-6-4-9-26-18/h4,6,9,14H,2-3,5,7-8,10-13H2,1H3,(H,20,24). The number of amides is 1. The van der Waals surface area contributed by atoms with Gasteiger partial charge in [-0.3, -0.25) is 14.4 Å². The monoisotopic (exact) mass is 358 g/mol. The smallest absolute Gasteiger partial charge is 0.287 e. The average molecular weight is 358 g/mol. The summed E-state index contributed by atoms with van der Waals surface area (Å²) in [7, 11) is 0. The molecule has 4 heterocycles. The molecule has 2 aliphatic rings. The van der Waals surface area contributed by atoms with Crippen molar-refractivity contribution in [1.82, 2.24) is 20.0 Å². The number of fused-ring (bicyclic) bond motifs is 1. The first-order valence-corrected chi connectivity index (χ1v) is 9.46. The van der Waals surface area contributed by atoms with Crippen LogP contribution in [-0.4, -0.2) is 46.3 Å². The fraction of sp³-hybridized carbons (Fsp3) is 0.579. The zero-order valence-corrected chi connectivity index (χ0v) is 15.2. The van der Waals surface area contributed by atoms with E-state index in [0.717, 1.165) is 57.7 Å². The van der Waals surface area contributed by atoms with Crippen molar-refractivity contribution < 1.29 is 13.9 Å². The highest BCUT2D eigenvalue weighted by atomic mass is 16.5. The highest BCUT2D eigenvalue weighted by Gasteiger charge is 2.26. The number of likely N-dealkylation sites (tertiary alicyclic amines) is 1. The molecule has 0 radical (unpaired) electrons. The van der Waals surface area contributed by atoms with Gasteiger partial charge in [0.05, 0.1) is 25.2 Å². The van der Waals surface area contributed by atoms with Gasteiger partial charge in [-0.1, -0.05) is 0 Å². The Labute approximate surface area is 153 Å². The normalized spacial score (nSPS) is 20.7. The lowest BCUT2D eigenvalue weighted by molar-refractivity contribution is 0.0871. The maximum Gasteiger partial charge on any atom is 0.287 e. The Morgan fingerprint density at radius 3 is 3.19 bits per heavy atom. The predicted octanol–water partition coefficient (Wildman–Crippen LogP) is 1.96. The van der Waals surface area contributed by atoms with Gasteiger partial charge in [-0.25, -0.2) is 0 Å². The number of rotatable bonds is 5. The summed E-state index contributed by atoms with van der Waals surface area (Å²) >= 11 is 0. The van der Waals surface area contributed by atoms with E-state index in [4.69, 9.17) is 14.3 Å². The van der Waals surface area contributed by atoms with Crippen molar-refractivity contribution in [3.8, 4) is 0 Å². The second-order valence-corrected chi connectivity index (χ2v) is 7.02. The third-order valence-electron chi connectivity index (χ3n) is 5.24. The van der Waals surface area contributed by atoms with Gasteiger partial charge < -0.3 is 14.5 Å². The zero-order valence-electron chi connectivity index (χ0n) is 15.2. The van der Waals surface area contributed by atoms with Crippen LogP contribution in [0.2, 0.25) is 0 Å². The van der Waals surface area contributed by atoms with E-state index in [1.54, 1.807) is 12.1 Å². The summed E-state index contributed by atoms with van der Waals surface area (Å²) in [6.07, 6.45) is 4.53. The Morgan fingerprint density at radius 2 is 2.38 bits per heavy atom. The van der Waals surface area contributed by atoms with Crippen LogP contribution in [0.4, 0.5) is 0 Å². The summed E-state index contributed by atoms with van der Waals surface area (Å²) in [5, 5.41) is 7.91. The van der Waals surface area contributed by atoms with Crippen molar-refractivity contribution in [3.05, 3.63) is 41.1 Å². The summed E-state index contributed by atoms with van der Waals surface area (Å²) in [6.45, 7) is 7.15. The van der Waals surface area contributed by atoms with Crippen LogP contribution >= 0.6 is 0 Å². The molecule has 1 unspecified atom stereocenters. The molecule has 1 N–H and O–H groups in total. The minimum absolute atomic E-state index is 0.136. The number of aromatic nitrogens is 2. The van der Waals surface area contributed by atoms with E-state index in [1.807, 2.05) is 0 Å². The Bertz CT molecular complexity index is 753. The molecular formula is C19H26N4O3. The Kier molecular flexibility index (Phi) is 5.08. The third-order valence-corrected chi connectivity index (χ3v) is 5.24.